The van der Waals surface area contributed by atoms with Crippen molar-refractivity contribution in [1.82, 2.24) is 4.72 Å². The van der Waals surface area contributed by atoms with Crippen LogP contribution in [0.5, 0.6) is 5.75 Å². The van der Waals surface area contributed by atoms with Crippen LogP contribution in [-0.2, 0) is 19.6 Å². The highest BCUT2D eigenvalue weighted by Crippen LogP contribution is 2.25. The van der Waals surface area contributed by atoms with E-state index < -0.39 is 16.0 Å². The number of aliphatic carboxylic acids is 1. The SMILES string of the molecule is CCOCCCNS(=O)(=O)c1cc(/C=C/C(=O)[O-])ccc1OC. The third kappa shape index (κ3) is 6.39. The zero-order valence-corrected chi connectivity index (χ0v) is 13.9. The van der Waals surface area contributed by atoms with Gasteiger partial charge in [-0.1, -0.05) is 12.1 Å². The Labute approximate surface area is 136 Å². The summed E-state index contributed by atoms with van der Waals surface area (Å²) in [6.07, 6.45) is 2.62. The maximum absolute atomic E-state index is 12.4. The van der Waals surface area contributed by atoms with Gasteiger partial charge in [0.25, 0.3) is 0 Å². The van der Waals surface area contributed by atoms with Gasteiger partial charge in [0.1, 0.15) is 10.6 Å². The number of methoxy groups -OCH3 is 1. The average molecular weight is 342 g/mol. The fraction of sp³-hybridized carbons (Fsp3) is 0.400. The summed E-state index contributed by atoms with van der Waals surface area (Å²) in [5, 5.41) is 10.4. The molecular weight excluding hydrogens is 322 g/mol. The predicted octanol–water partition coefficient (Wildman–Crippen LogP) is 0.163. The smallest absolute Gasteiger partial charge is 0.244 e. The summed E-state index contributed by atoms with van der Waals surface area (Å²) in [5.41, 5.74) is 0.407. The third-order valence-electron chi connectivity index (χ3n) is 2.85. The maximum Gasteiger partial charge on any atom is 0.244 e. The minimum atomic E-state index is -3.78. The molecule has 0 heterocycles. The number of carbonyl (C=O) groups is 1. The van der Waals surface area contributed by atoms with Gasteiger partial charge in [0.15, 0.2) is 0 Å². The molecule has 0 aliphatic heterocycles. The second-order valence-electron chi connectivity index (χ2n) is 4.51. The Balaban J connectivity index is 2.93. The van der Waals surface area contributed by atoms with Crippen molar-refractivity contribution in [2.75, 3.05) is 26.9 Å². The number of carboxylic acids is 1. The Morgan fingerprint density at radius 1 is 1.39 bits per heavy atom. The molecule has 1 rings (SSSR count). The van der Waals surface area contributed by atoms with Crippen molar-refractivity contribution in [2.24, 2.45) is 0 Å². The van der Waals surface area contributed by atoms with E-state index in [1.807, 2.05) is 6.92 Å². The summed E-state index contributed by atoms with van der Waals surface area (Å²) in [6.45, 7) is 3.13. The van der Waals surface area contributed by atoms with Gasteiger partial charge >= 0.3 is 0 Å². The first-order valence-electron chi connectivity index (χ1n) is 7.05. The Bertz CT molecular complexity index is 654. The first kappa shape index (κ1) is 19.1. The van der Waals surface area contributed by atoms with Crippen molar-refractivity contribution in [3.63, 3.8) is 0 Å². The summed E-state index contributed by atoms with van der Waals surface area (Å²) in [5.74, 6) is -1.19. The number of carbonyl (C=O) groups excluding carboxylic acids is 1. The van der Waals surface area contributed by atoms with Crippen LogP contribution in [0.4, 0.5) is 0 Å². The van der Waals surface area contributed by atoms with Gasteiger partial charge in [0.05, 0.1) is 13.1 Å². The fourth-order valence-electron chi connectivity index (χ4n) is 1.77. The summed E-state index contributed by atoms with van der Waals surface area (Å²) in [4.78, 5) is 10.4. The van der Waals surface area contributed by atoms with E-state index >= 15 is 0 Å². The molecule has 0 fully saturated rings. The molecule has 0 spiro atoms. The number of benzene rings is 1. The van der Waals surface area contributed by atoms with Gasteiger partial charge in [-0.3, -0.25) is 0 Å². The number of nitrogens with one attached hydrogen (secondary N) is 1. The van der Waals surface area contributed by atoms with E-state index in [0.29, 0.717) is 25.2 Å². The highest BCUT2D eigenvalue weighted by atomic mass is 32.2. The number of hydrogen-bond acceptors (Lipinski definition) is 6. The number of hydrogen-bond donors (Lipinski definition) is 1. The van der Waals surface area contributed by atoms with Crippen LogP contribution in [0.2, 0.25) is 0 Å². The molecule has 0 aliphatic carbocycles. The molecule has 0 aliphatic rings. The second-order valence-corrected chi connectivity index (χ2v) is 6.25. The zero-order chi connectivity index (χ0) is 17.3. The van der Waals surface area contributed by atoms with E-state index in [1.165, 1.54) is 25.3 Å². The average Bonchev–Trinajstić information content (AvgIpc) is 2.52. The lowest BCUT2D eigenvalue weighted by atomic mass is 10.2. The van der Waals surface area contributed by atoms with Gasteiger partial charge in [0, 0.05) is 19.8 Å². The van der Waals surface area contributed by atoms with Crippen LogP contribution >= 0.6 is 0 Å². The van der Waals surface area contributed by atoms with Crippen LogP contribution in [0, 0.1) is 0 Å². The molecule has 0 aromatic heterocycles. The largest absolute Gasteiger partial charge is 0.545 e. The van der Waals surface area contributed by atoms with E-state index in [1.54, 1.807) is 6.07 Å². The molecule has 0 saturated heterocycles. The summed E-state index contributed by atoms with van der Waals surface area (Å²) >= 11 is 0. The topological polar surface area (TPSA) is 105 Å². The lowest BCUT2D eigenvalue weighted by Gasteiger charge is -2.11. The molecule has 0 saturated carbocycles. The first-order chi connectivity index (χ1) is 10.9. The van der Waals surface area contributed by atoms with E-state index in [-0.39, 0.29) is 17.2 Å². The highest BCUT2D eigenvalue weighted by molar-refractivity contribution is 7.89. The van der Waals surface area contributed by atoms with Crippen LogP contribution in [0.15, 0.2) is 29.2 Å². The third-order valence-corrected chi connectivity index (χ3v) is 4.33. The molecule has 0 amide bonds. The molecule has 8 heteroatoms. The second kappa shape index (κ2) is 9.29. The van der Waals surface area contributed by atoms with E-state index in [4.69, 9.17) is 9.47 Å². The monoisotopic (exact) mass is 342 g/mol. The van der Waals surface area contributed by atoms with Gasteiger partial charge in [-0.25, -0.2) is 13.1 Å². The van der Waals surface area contributed by atoms with Crippen molar-refractivity contribution in [1.29, 1.82) is 0 Å². The molecule has 0 bridgehead atoms. The van der Waals surface area contributed by atoms with Crippen LogP contribution in [-0.4, -0.2) is 41.3 Å². The summed E-state index contributed by atoms with van der Waals surface area (Å²) in [6, 6.07) is 4.35. The molecule has 128 valence electrons. The fourth-order valence-corrected chi connectivity index (χ4v) is 3.05. The maximum atomic E-state index is 12.4. The van der Waals surface area contributed by atoms with Gasteiger partial charge in [0.2, 0.25) is 10.0 Å². The highest BCUT2D eigenvalue weighted by Gasteiger charge is 2.19. The molecule has 7 nitrogen and oxygen atoms in total. The lowest BCUT2D eigenvalue weighted by molar-refractivity contribution is -0.297. The lowest BCUT2D eigenvalue weighted by Crippen LogP contribution is -2.26. The minimum Gasteiger partial charge on any atom is -0.545 e. The minimum absolute atomic E-state index is 0.0584. The van der Waals surface area contributed by atoms with Crippen LogP contribution in [0.25, 0.3) is 6.08 Å². The molecule has 0 radical (unpaired) electrons. The first-order valence-corrected chi connectivity index (χ1v) is 8.53. The van der Waals surface area contributed by atoms with Gasteiger partial charge in [-0.2, -0.15) is 0 Å². The number of sulfonamides is 1. The Morgan fingerprint density at radius 3 is 2.74 bits per heavy atom. The summed E-state index contributed by atoms with van der Waals surface area (Å²) < 4.78 is 37.4. The quantitative estimate of drug-likeness (QED) is 0.480. The van der Waals surface area contributed by atoms with Crippen molar-refractivity contribution < 1.29 is 27.8 Å². The molecule has 23 heavy (non-hydrogen) atoms. The van der Waals surface area contributed by atoms with Crippen LogP contribution in [0.1, 0.15) is 18.9 Å². The van der Waals surface area contributed by atoms with Crippen molar-refractivity contribution in [3.05, 3.63) is 29.8 Å². The summed E-state index contributed by atoms with van der Waals surface area (Å²) in [7, 11) is -2.42. The molecule has 1 aromatic carbocycles. The van der Waals surface area contributed by atoms with Crippen molar-refractivity contribution in [3.8, 4) is 5.75 Å². The Hall–Kier alpha value is -1.90. The normalized spacial score (nSPS) is 11.7. The van der Waals surface area contributed by atoms with Crippen molar-refractivity contribution in [2.45, 2.75) is 18.2 Å². The molecule has 0 unspecified atom stereocenters. The van der Waals surface area contributed by atoms with Crippen LogP contribution in [0.3, 0.4) is 0 Å². The Kier molecular flexibility index (Phi) is 7.73. The molecule has 1 N–H and O–H groups in total. The standard InChI is InChI=1S/C15H21NO6S/c1-3-22-10-4-9-16-23(19,20)14-11-12(6-8-15(17)18)5-7-13(14)21-2/h5-8,11,16H,3-4,9-10H2,1-2H3,(H,17,18)/p-1/b8-6+. The van der Waals surface area contributed by atoms with Crippen molar-refractivity contribution >= 4 is 22.1 Å². The Morgan fingerprint density at radius 2 is 2.13 bits per heavy atom. The number of ether oxygens (including phenoxy) is 2. The van der Waals surface area contributed by atoms with E-state index in [9.17, 15) is 18.3 Å². The van der Waals surface area contributed by atoms with Gasteiger partial charge in [-0.15, -0.1) is 0 Å². The number of carboxylic acid groups (broad SMARTS) is 1. The van der Waals surface area contributed by atoms with Gasteiger partial charge < -0.3 is 19.4 Å². The molecule has 1 aromatic rings. The number of rotatable bonds is 10. The van der Waals surface area contributed by atoms with E-state index in [2.05, 4.69) is 4.72 Å². The van der Waals surface area contributed by atoms with Gasteiger partial charge in [-0.05, 0) is 37.1 Å². The zero-order valence-electron chi connectivity index (χ0n) is 13.1. The molecule has 0 atom stereocenters. The molecular formula is C15H20NO6S-. The van der Waals surface area contributed by atoms with E-state index in [0.717, 1.165) is 6.08 Å². The predicted molar refractivity (Wildman–Crippen MR) is 83.3 cm³/mol. The van der Waals surface area contributed by atoms with Crippen LogP contribution < -0.4 is 14.6 Å².